The van der Waals surface area contributed by atoms with Crippen LogP contribution in [0, 0.1) is 0 Å². The summed E-state index contributed by atoms with van der Waals surface area (Å²) in [6, 6.07) is 23.7. The second-order valence-corrected chi connectivity index (χ2v) is 12.8. The Bertz CT molecular complexity index is 1730. The number of unbranched alkanes of at least 4 members (excludes halogenated alkanes) is 1. The lowest BCUT2D eigenvalue weighted by atomic mass is 9.98. The lowest BCUT2D eigenvalue weighted by molar-refractivity contribution is -0.253. The smallest absolute Gasteiger partial charge is 0.326 e. The van der Waals surface area contributed by atoms with E-state index in [-0.39, 0.29) is 42.9 Å². The molecular formula is C37H44N4O7. The van der Waals surface area contributed by atoms with Gasteiger partial charge in [-0.15, -0.1) is 0 Å². The van der Waals surface area contributed by atoms with Crippen molar-refractivity contribution in [3.63, 3.8) is 0 Å². The van der Waals surface area contributed by atoms with Gasteiger partial charge in [-0.3, -0.25) is 14.2 Å². The summed E-state index contributed by atoms with van der Waals surface area (Å²) in [6.07, 6.45) is 2.99. The molecule has 3 atom stereocenters. The van der Waals surface area contributed by atoms with E-state index in [0.29, 0.717) is 32.2 Å². The Balaban J connectivity index is 1.08. The van der Waals surface area contributed by atoms with E-state index in [1.165, 1.54) is 0 Å². The Morgan fingerprint density at radius 3 is 2.29 bits per heavy atom. The maximum atomic E-state index is 12.8. The number of carboxylic acid groups (broad SMARTS) is 1. The Labute approximate surface area is 279 Å². The zero-order chi connectivity index (χ0) is 33.5. The van der Waals surface area contributed by atoms with E-state index < -0.39 is 12.3 Å². The van der Waals surface area contributed by atoms with Gasteiger partial charge in [0.15, 0.2) is 6.29 Å². The molecule has 48 heavy (non-hydrogen) atoms. The monoisotopic (exact) mass is 656 g/mol. The van der Waals surface area contributed by atoms with Crippen LogP contribution in [0.4, 0.5) is 0 Å². The van der Waals surface area contributed by atoms with Crippen LogP contribution < -0.4 is 11.0 Å². The second kappa shape index (κ2) is 15.7. The molecule has 3 aromatic carbocycles. The number of nitrogens with one attached hydrogen (secondary N) is 2. The maximum absolute atomic E-state index is 12.8. The van der Waals surface area contributed by atoms with E-state index in [1.807, 2.05) is 77.4 Å². The van der Waals surface area contributed by atoms with Gasteiger partial charge in [0.1, 0.15) is 0 Å². The van der Waals surface area contributed by atoms with Crippen molar-refractivity contribution in [2.45, 2.75) is 82.6 Å². The lowest BCUT2D eigenvalue weighted by Crippen LogP contribution is -2.43. The van der Waals surface area contributed by atoms with Crippen molar-refractivity contribution in [3.8, 4) is 0 Å². The molecule has 4 aromatic rings. The van der Waals surface area contributed by atoms with Crippen molar-refractivity contribution in [3.05, 3.63) is 106 Å². The maximum Gasteiger partial charge on any atom is 0.326 e. The molecule has 0 unspecified atom stereocenters. The first kappa shape index (κ1) is 33.6. The molecule has 2 aliphatic rings. The number of hydrogen-bond acceptors (Lipinski definition) is 7. The third kappa shape index (κ3) is 8.40. The van der Waals surface area contributed by atoms with Crippen molar-refractivity contribution < 1.29 is 29.3 Å². The molecule has 4 N–H and O–H groups in total. The molecule has 11 nitrogen and oxygen atoms in total. The van der Waals surface area contributed by atoms with Gasteiger partial charge in [0.25, 0.3) is 0 Å². The number of aromatic nitrogens is 2. The summed E-state index contributed by atoms with van der Waals surface area (Å²) >= 11 is 0. The normalized spacial score (nSPS) is 20.6. The van der Waals surface area contributed by atoms with Crippen molar-refractivity contribution >= 4 is 22.9 Å². The van der Waals surface area contributed by atoms with Crippen LogP contribution >= 0.6 is 0 Å². The fraction of sp³-hybridized carbons (Fsp3) is 0.432. The van der Waals surface area contributed by atoms with E-state index >= 15 is 0 Å². The number of fused-ring (bicyclic) bond motifs is 1. The highest BCUT2D eigenvalue weighted by atomic mass is 16.7. The number of amides is 1. The fourth-order valence-corrected chi connectivity index (χ4v) is 6.76. The second-order valence-electron chi connectivity index (χ2n) is 12.8. The zero-order valence-electron chi connectivity index (χ0n) is 27.1. The number of rotatable bonds is 13. The summed E-state index contributed by atoms with van der Waals surface area (Å²) in [7, 11) is 0. The molecule has 3 heterocycles. The summed E-state index contributed by atoms with van der Waals surface area (Å²) in [5.41, 5.74) is 5.47. The van der Waals surface area contributed by atoms with Crippen molar-refractivity contribution in [1.82, 2.24) is 19.8 Å². The highest BCUT2D eigenvalue weighted by molar-refractivity contribution is 5.76. The molecular weight excluding hydrogens is 612 g/mol. The predicted octanol–water partition coefficient (Wildman–Crippen LogP) is 4.97. The van der Waals surface area contributed by atoms with Crippen molar-refractivity contribution in [1.29, 1.82) is 0 Å². The third-order valence-corrected chi connectivity index (χ3v) is 9.41. The van der Waals surface area contributed by atoms with Crippen LogP contribution in [0.25, 0.3) is 11.0 Å². The van der Waals surface area contributed by atoms with Crippen molar-refractivity contribution in [2.75, 3.05) is 19.6 Å². The number of hydrogen-bond donors (Lipinski definition) is 4. The molecule has 11 heteroatoms. The Kier molecular flexibility index (Phi) is 11.0. The Hall–Kier alpha value is -4.29. The summed E-state index contributed by atoms with van der Waals surface area (Å²) < 4.78 is 15.0. The standard InChI is InChI=1S/C37H44N4O7/c42-24-26-11-13-27(14-12-26)33-21-30(23-40-19-17-29(18-20-40)41-32-6-2-1-5-31(32)39-37(41)46)47-36(48-33)28-15-9-25(10-16-28)22-38-34(43)7-3-4-8-35(44)45/h1-2,5-6,9-16,29-30,33,36,42H,3-4,7-8,17-24H2,(H,38,43)(H,39,46)(H,44,45)/t30-,33+,36+/m1/s1. The van der Waals surface area contributed by atoms with Gasteiger partial charge in [0.2, 0.25) is 5.91 Å². The number of nitrogens with zero attached hydrogens (tertiary/aromatic N) is 2. The number of aromatic amines is 1. The molecule has 2 saturated heterocycles. The predicted molar refractivity (Wildman–Crippen MR) is 180 cm³/mol. The topological polar surface area (TPSA) is 146 Å². The number of aliphatic hydroxyl groups is 1. The Morgan fingerprint density at radius 2 is 1.56 bits per heavy atom. The number of likely N-dealkylation sites (tertiary alicyclic amines) is 1. The number of carbonyl (C=O) groups excluding carboxylic acids is 1. The van der Waals surface area contributed by atoms with Crippen LogP contribution in [-0.4, -0.2) is 62.3 Å². The van der Waals surface area contributed by atoms with Crippen LogP contribution in [0.3, 0.4) is 0 Å². The highest BCUT2D eigenvalue weighted by Gasteiger charge is 2.34. The molecule has 0 radical (unpaired) electrons. The third-order valence-electron chi connectivity index (χ3n) is 9.41. The molecule has 0 aliphatic carbocycles. The number of H-pyrrole nitrogens is 1. The lowest BCUT2D eigenvalue weighted by Gasteiger charge is -2.40. The van der Waals surface area contributed by atoms with Crippen LogP contribution in [0.5, 0.6) is 0 Å². The summed E-state index contributed by atoms with van der Waals surface area (Å²) in [5.74, 6) is -0.946. The van der Waals surface area contributed by atoms with E-state index in [2.05, 4.69) is 15.2 Å². The highest BCUT2D eigenvalue weighted by Crippen LogP contribution is 2.38. The first-order valence-electron chi connectivity index (χ1n) is 16.9. The van der Waals surface area contributed by atoms with Gasteiger partial charge in [0, 0.05) is 57.0 Å². The minimum Gasteiger partial charge on any atom is -0.481 e. The molecule has 2 aliphatic heterocycles. The molecule has 0 bridgehead atoms. The van der Waals surface area contributed by atoms with Gasteiger partial charge < -0.3 is 34.9 Å². The number of piperidine rings is 1. The van der Waals surface area contributed by atoms with Gasteiger partial charge in [-0.1, -0.05) is 60.7 Å². The fourth-order valence-electron chi connectivity index (χ4n) is 6.76. The molecule has 254 valence electrons. The number of ether oxygens (including phenoxy) is 2. The van der Waals surface area contributed by atoms with Gasteiger partial charge in [0.05, 0.1) is 29.8 Å². The van der Waals surface area contributed by atoms with E-state index in [4.69, 9.17) is 14.6 Å². The number of aliphatic hydroxyl groups excluding tert-OH is 1. The first-order chi connectivity index (χ1) is 23.4. The molecule has 1 amide bonds. The minimum absolute atomic E-state index is 0.0156. The Morgan fingerprint density at radius 1 is 0.875 bits per heavy atom. The molecule has 0 spiro atoms. The van der Waals surface area contributed by atoms with Gasteiger partial charge in [-0.2, -0.15) is 0 Å². The number of carboxylic acids is 1. The largest absolute Gasteiger partial charge is 0.481 e. The number of para-hydroxylation sites is 2. The van der Waals surface area contributed by atoms with E-state index in [1.54, 1.807) is 0 Å². The quantitative estimate of drug-likeness (QED) is 0.148. The molecule has 1 aromatic heterocycles. The van der Waals surface area contributed by atoms with Crippen LogP contribution in [0.2, 0.25) is 0 Å². The van der Waals surface area contributed by atoms with Crippen LogP contribution in [0.1, 0.15) is 85.6 Å². The molecule has 2 fully saturated rings. The summed E-state index contributed by atoms with van der Waals surface area (Å²) in [5, 5.41) is 21.2. The number of imidazole rings is 1. The average molecular weight is 657 g/mol. The summed E-state index contributed by atoms with van der Waals surface area (Å²) in [6.45, 7) is 2.83. The average Bonchev–Trinajstić information content (AvgIpc) is 3.45. The SMILES string of the molecule is O=C(O)CCCCC(=O)NCc1ccc([C@H]2O[C@@H](CN3CCC(n4c(=O)[nH]c5ccccc54)CC3)C[C@@H](c3ccc(CO)cc3)O2)cc1. The van der Waals surface area contributed by atoms with Crippen molar-refractivity contribution in [2.24, 2.45) is 0 Å². The number of benzene rings is 3. The number of carbonyl (C=O) groups is 2. The van der Waals surface area contributed by atoms with Gasteiger partial charge >= 0.3 is 11.7 Å². The van der Waals surface area contributed by atoms with Gasteiger partial charge in [-0.05, 0) is 54.5 Å². The van der Waals surface area contributed by atoms with E-state index in [0.717, 1.165) is 65.8 Å². The first-order valence-corrected chi connectivity index (χ1v) is 16.9. The zero-order valence-corrected chi connectivity index (χ0v) is 27.1. The molecule has 0 saturated carbocycles. The van der Waals surface area contributed by atoms with Crippen LogP contribution in [0.15, 0.2) is 77.6 Å². The number of aliphatic carboxylic acids is 1. The summed E-state index contributed by atoms with van der Waals surface area (Å²) in [4.78, 5) is 41.1. The minimum atomic E-state index is -0.847. The van der Waals surface area contributed by atoms with Gasteiger partial charge in [-0.25, -0.2) is 4.79 Å². The van der Waals surface area contributed by atoms with Crippen LogP contribution in [-0.2, 0) is 32.2 Å². The molecule has 6 rings (SSSR count). The van der Waals surface area contributed by atoms with E-state index in [9.17, 15) is 19.5 Å².